The van der Waals surface area contributed by atoms with Gasteiger partial charge in [0.15, 0.2) is 0 Å². The largest absolute Gasteiger partial charge is 0.329 e. The summed E-state index contributed by atoms with van der Waals surface area (Å²) in [6, 6.07) is 6.62. The van der Waals surface area contributed by atoms with Gasteiger partial charge in [-0.3, -0.25) is 14.8 Å². The maximum absolute atomic E-state index is 14.7. The van der Waals surface area contributed by atoms with Crippen molar-refractivity contribution >= 4 is 33.3 Å². The van der Waals surface area contributed by atoms with Crippen molar-refractivity contribution < 1.29 is 26.7 Å². The molecule has 0 atom stereocenters. The van der Waals surface area contributed by atoms with Gasteiger partial charge in [-0.2, -0.15) is 0 Å². The number of rotatable bonds is 4. The van der Waals surface area contributed by atoms with Gasteiger partial charge in [0, 0.05) is 40.3 Å². The van der Waals surface area contributed by atoms with E-state index in [4.69, 9.17) is 0 Å². The normalized spacial score (nSPS) is 14.3. The summed E-state index contributed by atoms with van der Waals surface area (Å²) < 4.78 is 72.3. The van der Waals surface area contributed by atoms with Crippen LogP contribution in [0.3, 0.4) is 0 Å². The molecule has 0 N–H and O–H groups in total. The number of halogens is 6. The van der Waals surface area contributed by atoms with Crippen LogP contribution < -0.4 is 9.80 Å². The van der Waals surface area contributed by atoms with E-state index in [0.29, 0.717) is 0 Å². The van der Waals surface area contributed by atoms with E-state index >= 15 is 0 Å². The number of hydrogen-bond acceptors (Lipinski definition) is 2. The molecule has 1 aliphatic heterocycles. The number of alkyl halides is 2. The SMILES string of the molecule is Cc1ncc(N2CCc3c(F)cccc3N(Cc3c(F)cc(Br)cc3F)C2=O)cc1C(C)(F)F. The summed E-state index contributed by atoms with van der Waals surface area (Å²) in [7, 11) is 0. The lowest BCUT2D eigenvalue weighted by Gasteiger charge is -2.29. The Bertz CT molecular complexity index is 1250. The Morgan fingerprint density at radius 1 is 1.09 bits per heavy atom. The van der Waals surface area contributed by atoms with Crippen LogP contribution in [0.2, 0.25) is 0 Å². The lowest BCUT2D eigenvalue weighted by Crippen LogP contribution is -2.43. The van der Waals surface area contributed by atoms with E-state index in [1.165, 1.54) is 31.3 Å². The van der Waals surface area contributed by atoms with Crippen LogP contribution in [0.4, 0.5) is 38.1 Å². The minimum absolute atomic E-state index is 0.0476. The molecule has 2 aromatic carbocycles. The third-order valence-electron chi connectivity index (χ3n) is 5.71. The van der Waals surface area contributed by atoms with E-state index in [2.05, 4.69) is 20.9 Å². The van der Waals surface area contributed by atoms with Crippen LogP contribution in [0.5, 0.6) is 0 Å². The molecule has 0 radical (unpaired) electrons. The fourth-order valence-electron chi connectivity index (χ4n) is 4.00. The van der Waals surface area contributed by atoms with Gasteiger partial charge in [0.1, 0.15) is 17.5 Å². The van der Waals surface area contributed by atoms with E-state index in [9.17, 15) is 26.7 Å². The molecule has 1 aromatic heterocycles. The van der Waals surface area contributed by atoms with Gasteiger partial charge in [-0.1, -0.05) is 22.0 Å². The highest BCUT2D eigenvalue weighted by Crippen LogP contribution is 2.35. The van der Waals surface area contributed by atoms with Crippen molar-refractivity contribution in [1.82, 2.24) is 4.98 Å². The Balaban J connectivity index is 1.83. The molecule has 34 heavy (non-hydrogen) atoms. The van der Waals surface area contributed by atoms with Gasteiger partial charge < -0.3 is 0 Å². The van der Waals surface area contributed by atoms with Crippen LogP contribution in [-0.4, -0.2) is 17.6 Å². The summed E-state index contributed by atoms with van der Waals surface area (Å²) in [6.07, 6.45) is 1.33. The van der Waals surface area contributed by atoms with E-state index in [1.54, 1.807) is 0 Å². The Kier molecular flexibility index (Phi) is 6.37. The van der Waals surface area contributed by atoms with Gasteiger partial charge in [-0.05, 0) is 43.7 Å². The number of anilines is 2. The zero-order chi connectivity index (χ0) is 24.8. The fourth-order valence-corrected chi connectivity index (χ4v) is 4.41. The van der Waals surface area contributed by atoms with Crippen molar-refractivity contribution in [2.45, 2.75) is 32.7 Å². The molecule has 2 amide bonds. The van der Waals surface area contributed by atoms with Gasteiger partial charge in [0.2, 0.25) is 0 Å². The second-order valence-electron chi connectivity index (χ2n) is 8.07. The molecule has 0 unspecified atom stereocenters. The van der Waals surface area contributed by atoms with E-state index < -0.39 is 41.5 Å². The summed E-state index contributed by atoms with van der Waals surface area (Å²) in [6.45, 7) is 1.57. The highest BCUT2D eigenvalue weighted by molar-refractivity contribution is 9.10. The first kappa shape index (κ1) is 24.1. The number of nitrogens with zero attached hydrogens (tertiary/aromatic N) is 3. The molecule has 3 aromatic rings. The topological polar surface area (TPSA) is 36.4 Å². The molecule has 0 saturated carbocycles. The van der Waals surface area contributed by atoms with E-state index in [-0.39, 0.29) is 45.6 Å². The fraction of sp³-hybridized carbons (Fsp3) is 0.250. The number of pyridine rings is 1. The van der Waals surface area contributed by atoms with Crippen molar-refractivity contribution in [3.05, 3.63) is 86.9 Å². The average Bonchev–Trinajstić information content (AvgIpc) is 2.88. The molecule has 178 valence electrons. The van der Waals surface area contributed by atoms with Crippen LogP contribution in [0, 0.1) is 24.4 Å². The second kappa shape index (κ2) is 8.98. The van der Waals surface area contributed by atoms with E-state index in [0.717, 1.165) is 34.9 Å². The van der Waals surface area contributed by atoms with Gasteiger partial charge in [0.05, 0.1) is 24.1 Å². The monoisotopic (exact) mass is 539 g/mol. The Morgan fingerprint density at radius 3 is 2.41 bits per heavy atom. The Morgan fingerprint density at radius 2 is 1.76 bits per heavy atom. The number of carbonyl (C=O) groups is 1. The predicted molar refractivity (Wildman–Crippen MR) is 122 cm³/mol. The molecule has 0 spiro atoms. The summed E-state index contributed by atoms with van der Waals surface area (Å²) in [4.78, 5) is 19.8. The Labute approximate surface area is 201 Å². The molecule has 1 aliphatic rings. The number of aromatic nitrogens is 1. The highest BCUT2D eigenvalue weighted by atomic mass is 79.9. The van der Waals surface area contributed by atoms with Crippen molar-refractivity contribution in [2.24, 2.45) is 0 Å². The zero-order valence-corrected chi connectivity index (χ0v) is 19.8. The van der Waals surface area contributed by atoms with Gasteiger partial charge in [-0.15, -0.1) is 0 Å². The number of aryl methyl sites for hydroxylation is 1. The molecule has 4 nitrogen and oxygen atoms in total. The van der Waals surface area contributed by atoms with Gasteiger partial charge >= 0.3 is 6.03 Å². The first-order valence-electron chi connectivity index (χ1n) is 10.3. The molecule has 0 bridgehead atoms. The number of benzene rings is 2. The number of hydrogen-bond donors (Lipinski definition) is 0. The first-order valence-corrected chi connectivity index (χ1v) is 11.1. The highest BCUT2D eigenvalue weighted by Gasteiger charge is 2.34. The molecule has 2 heterocycles. The van der Waals surface area contributed by atoms with Crippen molar-refractivity contribution in [3.8, 4) is 0 Å². The van der Waals surface area contributed by atoms with Crippen LogP contribution >= 0.6 is 15.9 Å². The second-order valence-corrected chi connectivity index (χ2v) is 8.99. The predicted octanol–water partition coefficient (Wildman–Crippen LogP) is 6.87. The summed E-state index contributed by atoms with van der Waals surface area (Å²) in [5.41, 5.74) is -0.253. The number of fused-ring (bicyclic) bond motifs is 1. The Hall–Kier alpha value is -3.01. The number of carbonyl (C=O) groups excluding carboxylic acids is 1. The van der Waals surface area contributed by atoms with Crippen molar-refractivity contribution in [2.75, 3.05) is 16.3 Å². The maximum Gasteiger partial charge on any atom is 0.329 e. The van der Waals surface area contributed by atoms with Gasteiger partial charge in [0.25, 0.3) is 5.92 Å². The third kappa shape index (κ3) is 4.51. The third-order valence-corrected chi connectivity index (χ3v) is 6.17. The number of urea groups is 1. The summed E-state index contributed by atoms with van der Waals surface area (Å²) in [5.74, 6) is -5.58. The molecular weight excluding hydrogens is 521 g/mol. The van der Waals surface area contributed by atoms with Crippen molar-refractivity contribution in [1.29, 1.82) is 0 Å². The summed E-state index contributed by atoms with van der Waals surface area (Å²) >= 11 is 3.01. The quantitative estimate of drug-likeness (QED) is 0.339. The lowest BCUT2D eigenvalue weighted by molar-refractivity contribution is 0.0164. The molecule has 10 heteroatoms. The average molecular weight is 540 g/mol. The lowest BCUT2D eigenvalue weighted by atomic mass is 10.1. The first-order chi connectivity index (χ1) is 16.0. The molecular formula is C24H19BrF5N3O. The van der Waals surface area contributed by atoms with Crippen LogP contribution in [0.1, 0.15) is 29.3 Å². The maximum atomic E-state index is 14.7. The van der Waals surface area contributed by atoms with Crippen LogP contribution in [-0.2, 0) is 18.9 Å². The van der Waals surface area contributed by atoms with Gasteiger partial charge in [-0.25, -0.2) is 26.7 Å². The minimum atomic E-state index is -3.21. The van der Waals surface area contributed by atoms with Crippen LogP contribution in [0.25, 0.3) is 0 Å². The number of amides is 2. The van der Waals surface area contributed by atoms with E-state index in [1.807, 2.05) is 0 Å². The standard InChI is InChI=1S/C24H19BrF5N3O/c1-13-18(24(2,29)30)10-15(11-31-13)32-7-6-16-19(26)4-3-5-22(16)33(23(32)34)12-17-20(27)8-14(25)9-21(17)28/h3-5,8-11H,6-7,12H2,1-2H3. The van der Waals surface area contributed by atoms with Crippen molar-refractivity contribution in [3.63, 3.8) is 0 Å². The molecule has 0 saturated heterocycles. The minimum Gasteiger partial charge on any atom is -0.292 e. The summed E-state index contributed by atoms with van der Waals surface area (Å²) in [5, 5.41) is 0. The van der Waals surface area contributed by atoms with Crippen LogP contribution in [0.15, 0.2) is 47.1 Å². The molecule has 4 rings (SSSR count). The smallest absolute Gasteiger partial charge is 0.292 e. The molecule has 0 fully saturated rings. The molecule has 0 aliphatic carbocycles. The zero-order valence-electron chi connectivity index (χ0n) is 18.2.